The van der Waals surface area contributed by atoms with Crippen LogP contribution in [0.25, 0.3) is 0 Å². The fourth-order valence-electron chi connectivity index (χ4n) is 4.98. The Morgan fingerprint density at radius 3 is 2.35 bits per heavy atom. The summed E-state index contributed by atoms with van der Waals surface area (Å²) < 4.78 is 0. The first-order valence-corrected chi connectivity index (χ1v) is 10.4. The molecule has 31 heavy (non-hydrogen) atoms. The smallest absolute Gasteiger partial charge is 0.270 e. The summed E-state index contributed by atoms with van der Waals surface area (Å²) in [7, 11) is 0. The molecule has 1 unspecified atom stereocenters. The molecule has 1 aliphatic rings. The standard InChI is InChI=1S/C26H26N2O3/c1-18-13-14-23-22(15-18)26(4,20-10-6-5-7-11-20)17-25(2,3)27(23)24(29)19-9-8-12-21(16-19)28(30)31/h5-16H,17H2,1-4H3. The van der Waals surface area contributed by atoms with Crippen molar-refractivity contribution in [3.63, 3.8) is 0 Å². The van der Waals surface area contributed by atoms with Crippen LogP contribution in [0.1, 0.15) is 54.2 Å². The lowest BCUT2D eigenvalue weighted by atomic mass is 9.65. The molecule has 5 heteroatoms. The molecule has 1 amide bonds. The van der Waals surface area contributed by atoms with E-state index in [-0.39, 0.29) is 17.0 Å². The van der Waals surface area contributed by atoms with Gasteiger partial charge in [0.25, 0.3) is 11.6 Å². The van der Waals surface area contributed by atoms with Crippen molar-refractivity contribution in [2.45, 2.75) is 45.1 Å². The van der Waals surface area contributed by atoms with Crippen molar-refractivity contribution in [3.05, 3.63) is 105 Å². The Labute approximate surface area is 182 Å². The van der Waals surface area contributed by atoms with E-state index in [0.29, 0.717) is 5.56 Å². The Kier molecular flexibility index (Phi) is 4.92. The molecule has 1 atom stereocenters. The van der Waals surface area contributed by atoms with Crippen LogP contribution in [0.2, 0.25) is 0 Å². The molecule has 0 aromatic heterocycles. The van der Waals surface area contributed by atoms with Gasteiger partial charge in [-0.1, -0.05) is 61.0 Å². The van der Waals surface area contributed by atoms with Crippen LogP contribution in [0.4, 0.5) is 11.4 Å². The van der Waals surface area contributed by atoms with Gasteiger partial charge in [-0.15, -0.1) is 0 Å². The van der Waals surface area contributed by atoms with Crippen LogP contribution in [-0.2, 0) is 5.41 Å². The predicted octanol–water partition coefficient (Wildman–Crippen LogP) is 6.04. The summed E-state index contributed by atoms with van der Waals surface area (Å²) in [6, 6.07) is 22.5. The van der Waals surface area contributed by atoms with Gasteiger partial charge in [0.2, 0.25) is 0 Å². The van der Waals surface area contributed by atoms with Crippen molar-refractivity contribution >= 4 is 17.3 Å². The van der Waals surface area contributed by atoms with Crippen LogP contribution in [0.5, 0.6) is 0 Å². The summed E-state index contributed by atoms with van der Waals surface area (Å²) in [5.41, 5.74) is 3.73. The van der Waals surface area contributed by atoms with Crippen molar-refractivity contribution < 1.29 is 9.72 Å². The molecular formula is C26H26N2O3. The van der Waals surface area contributed by atoms with Crippen LogP contribution in [0.3, 0.4) is 0 Å². The third kappa shape index (κ3) is 3.50. The van der Waals surface area contributed by atoms with Gasteiger partial charge in [0, 0.05) is 34.3 Å². The summed E-state index contributed by atoms with van der Waals surface area (Å²) in [6.07, 6.45) is 0.723. The normalized spacial score (nSPS) is 19.5. The molecule has 158 valence electrons. The number of hydrogen-bond acceptors (Lipinski definition) is 3. The van der Waals surface area contributed by atoms with Crippen molar-refractivity contribution in [2.75, 3.05) is 4.90 Å². The molecular weight excluding hydrogens is 388 g/mol. The van der Waals surface area contributed by atoms with E-state index in [4.69, 9.17) is 0 Å². The fraction of sp³-hybridized carbons (Fsp3) is 0.269. The van der Waals surface area contributed by atoms with Gasteiger partial charge in [-0.05, 0) is 50.5 Å². The zero-order chi connectivity index (χ0) is 22.4. The zero-order valence-electron chi connectivity index (χ0n) is 18.3. The number of anilines is 1. The minimum Gasteiger partial charge on any atom is -0.302 e. The number of aryl methyl sites for hydroxylation is 1. The summed E-state index contributed by atoms with van der Waals surface area (Å²) >= 11 is 0. The summed E-state index contributed by atoms with van der Waals surface area (Å²) in [6.45, 7) is 8.41. The highest BCUT2D eigenvalue weighted by Crippen LogP contribution is 2.51. The minimum atomic E-state index is -0.505. The molecule has 3 aromatic carbocycles. The number of benzene rings is 3. The Hall–Kier alpha value is -3.47. The number of carbonyl (C=O) groups is 1. The average Bonchev–Trinajstić information content (AvgIpc) is 2.74. The second-order valence-corrected chi connectivity index (χ2v) is 9.16. The van der Waals surface area contributed by atoms with Crippen LogP contribution in [0, 0.1) is 17.0 Å². The third-order valence-corrected chi connectivity index (χ3v) is 6.30. The lowest BCUT2D eigenvalue weighted by molar-refractivity contribution is -0.384. The van der Waals surface area contributed by atoms with E-state index in [1.807, 2.05) is 35.2 Å². The van der Waals surface area contributed by atoms with Crippen molar-refractivity contribution in [3.8, 4) is 0 Å². The number of nitro benzene ring substituents is 1. The topological polar surface area (TPSA) is 63.5 Å². The highest BCUT2D eigenvalue weighted by atomic mass is 16.6. The summed E-state index contributed by atoms with van der Waals surface area (Å²) in [5.74, 6) is -0.228. The molecule has 0 spiro atoms. The number of rotatable bonds is 3. The summed E-state index contributed by atoms with van der Waals surface area (Å²) in [4.78, 5) is 26.3. The number of fused-ring (bicyclic) bond motifs is 1. The molecule has 0 radical (unpaired) electrons. The van der Waals surface area contributed by atoms with Gasteiger partial charge in [-0.2, -0.15) is 0 Å². The average molecular weight is 415 g/mol. The van der Waals surface area contributed by atoms with E-state index >= 15 is 0 Å². The number of nitro groups is 1. The van der Waals surface area contributed by atoms with Gasteiger partial charge in [0.1, 0.15) is 0 Å². The molecule has 4 rings (SSSR count). The first kappa shape index (κ1) is 20.8. The predicted molar refractivity (Wildman–Crippen MR) is 123 cm³/mol. The molecule has 5 nitrogen and oxygen atoms in total. The van der Waals surface area contributed by atoms with Crippen LogP contribution < -0.4 is 4.90 Å². The van der Waals surface area contributed by atoms with Gasteiger partial charge in [-0.25, -0.2) is 0 Å². The second-order valence-electron chi connectivity index (χ2n) is 9.16. The first-order valence-electron chi connectivity index (χ1n) is 10.4. The first-order chi connectivity index (χ1) is 14.6. The Morgan fingerprint density at radius 1 is 0.968 bits per heavy atom. The lowest BCUT2D eigenvalue weighted by Crippen LogP contribution is -2.55. The Bertz CT molecular complexity index is 1170. The van der Waals surface area contributed by atoms with E-state index in [2.05, 4.69) is 45.9 Å². The van der Waals surface area contributed by atoms with Crippen LogP contribution in [0.15, 0.2) is 72.8 Å². The Morgan fingerprint density at radius 2 is 1.68 bits per heavy atom. The van der Waals surface area contributed by atoms with Gasteiger partial charge >= 0.3 is 0 Å². The quantitative estimate of drug-likeness (QED) is 0.388. The molecule has 0 fully saturated rings. The number of carbonyl (C=O) groups excluding carboxylic acids is 1. The van der Waals surface area contributed by atoms with Crippen molar-refractivity contribution in [1.82, 2.24) is 0 Å². The number of hydrogen-bond donors (Lipinski definition) is 0. The second kappa shape index (κ2) is 7.34. The maximum atomic E-state index is 13.7. The van der Waals surface area contributed by atoms with E-state index in [0.717, 1.165) is 23.2 Å². The van der Waals surface area contributed by atoms with Crippen LogP contribution >= 0.6 is 0 Å². The SMILES string of the molecule is Cc1ccc2c(c1)C(C)(c1ccccc1)CC(C)(C)N2C(=O)c1cccc([N+](=O)[O-])c1. The van der Waals surface area contributed by atoms with Gasteiger partial charge in [0.05, 0.1) is 4.92 Å². The highest BCUT2D eigenvalue weighted by Gasteiger charge is 2.48. The van der Waals surface area contributed by atoms with Gasteiger partial charge in [-0.3, -0.25) is 14.9 Å². The van der Waals surface area contributed by atoms with E-state index in [1.54, 1.807) is 12.1 Å². The van der Waals surface area contributed by atoms with Gasteiger partial charge in [0.15, 0.2) is 0 Å². The maximum Gasteiger partial charge on any atom is 0.270 e. The molecule has 0 saturated carbocycles. The lowest BCUT2D eigenvalue weighted by Gasteiger charge is -2.51. The van der Waals surface area contributed by atoms with E-state index < -0.39 is 10.5 Å². The molecule has 3 aromatic rings. The molecule has 1 aliphatic heterocycles. The van der Waals surface area contributed by atoms with E-state index in [1.165, 1.54) is 17.7 Å². The molecule has 0 saturated heterocycles. The van der Waals surface area contributed by atoms with Crippen molar-refractivity contribution in [2.24, 2.45) is 0 Å². The van der Waals surface area contributed by atoms with Gasteiger partial charge < -0.3 is 4.90 Å². The molecule has 0 bridgehead atoms. The molecule has 0 aliphatic carbocycles. The summed E-state index contributed by atoms with van der Waals surface area (Å²) in [5, 5.41) is 11.2. The van der Waals surface area contributed by atoms with Crippen molar-refractivity contribution in [1.29, 1.82) is 0 Å². The third-order valence-electron chi connectivity index (χ3n) is 6.30. The number of non-ortho nitro benzene ring substituents is 1. The maximum absolute atomic E-state index is 13.7. The zero-order valence-corrected chi connectivity index (χ0v) is 18.3. The molecule has 1 heterocycles. The van der Waals surface area contributed by atoms with E-state index in [9.17, 15) is 14.9 Å². The monoisotopic (exact) mass is 414 g/mol. The number of nitrogens with zero attached hydrogens (tertiary/aromatic N) is 2. The molecule has 0 N–H and O–H groups in total. The fourth-order valence-corrected chi connectivity index (χ4v) is 4.98. The minimum absolute atomic E-state index is 0.0843. The Balaban J connectivity index is 1.90. The highest BCUT2D eigenvalue weighted by molar-refractivity contribution is 6.08. The largest absolute Gasteiger partial charge is 0.302 e. The number of amides is 1. The van der Waals surface area contributed by atoms with Crippen LogP contribution in [-0.4, -0.2) is 16.4 Å².